The summed E-state index contributed by atoms with van der Waals surface area (Å²) in [6, 6.07) is 12.8. The molecule has 0 fully saturated rings. The molecule has 0 atom stereocenters. The first-order valence-electron chi connectivity index (χ1n) is 7.62. The Hall–Kier alpha value is -2.70. The van der Waals surface area contributed by atoms with E-state index in [0.29, 0.717) is 11.2 Å². The summed E-state index contributed by atoms with van der Waals surface area (Å²) < 4.78 is 0. The molecule has 6 heteroatoms. The van der Waals surface area contributed by atoms with Crippen molar-refractivity contribution < 1.29 is 14.8 Å². The SMILES string of the molecule is Cc1ccc(CC(=O)Nc2ccc3cnccc3c2)cc1B(O)O. The van der Waals surface area contributed by atoms with Crippen LogP contribution in [0.25, 0.3) is 10.8 Å². The average molecular weight is 320 g/mol. The van der Waals surface area contributed by atoms with Gasteiger partial charge in [-0.25, -0.2) is 0 Å². The summed E-state index contributed by atoms with van der Waals surface area (Å²) in [7, 11) is -1.54. The molecule has 0 aliphatic carbocycles. The van der Waals surface area contributed by atoms with Gasteiger partial charge in [0, 0.05) is 23.5 Å². The van der Waals surface area contributed by atoms with Crippen LogP contribution in [0.2, 0.25) is 0 Å². The first-order chi connectivity index (χ1) is 11.5. The summed E-state index contributed by atoms with van der Waals surface area (Å²) in [5.41, 5.74) is 2.63. The summed E-state index contributed by atoms with van der Waals surface area (Å²) in [4.78, 5) is 16.3. The van der Waals surface area contributed by atoms with Crippen molar-refractivity contribution >= 4 is 34.9 Å². The molecule has 120 valence electrons. The molecule has 0 aliphatic rings. The fourth-order valence-electron chi connectivity index (χ4n) is 2.63. The molecule has 1 heterocycles. The molecule has 2 aromatic carbocycles. The van der Waals surface area contributed by atoms with Gasteiger partial charge >= 0.3 is 7.12 Å². The Labute approximate surface area is 140 Å². The molecule has 0 saturated carbocycles. The van der Waals surface area contributed by atoms with E-state index in [2.05, 4.69) is 10.3 Å². The molecule has 0 radical (unpaired) electrons. The van der Waals surface area contributed by atoms with E-state index in [-0.39, 0.29) is 12.3 Å². The van der Waals surface area contributed by atoms with Crippen LogP contribution in [-0.4, -0.2) is 28.1 Å². The van der Waals surface area contributed by atoms with Gasteiger partial charge in [0.1, 0.15) is 0 Å². The van der Waals surface area contributed by atoms with Crippen molar-refractivity contribution in [3.8, 4) is 0 Å². The van der Waals surface area contributed by atoms with Crippen LogP contribution in [0.15, 0.2) is 54.9 Å². The van der Waals surface area contributed by atoms with Gasteiger partial charge in [0.05, 0.1) is 6.42 Å². The van der Waals surface area contributed by atoms with Gasteiger partial charge in [-0.15, -0.1) is 0 Å². The van der Waals surface area contributed by atoms with E-state index in [1.54, 1.807) is 31.5 Å². The fraction of sp³-hybridized carbons (Fsp3) is 0.111. The zero-order valence-electron chi connectivity index (χ0n) is 13.2. The number of rotatable bonds is 4. The quantitative estimate of drug-likeness (QED) is 0.635. The molecule has 0 unspecified atom stereocenters. The zero-order valence-corrected chi connectivity index (χ0v) is 13.2. The second kappa shape index (κ2) is 6.82. The van der Waals surface area contributed by atoms with Crippen molar-refractivity contribution in [2.24, 2.45) is 0 Å². The maximum Gasteiger partial charge on any atom is 0.488 e. The molecule has 1 aromatic heterocycles. The molecule has 1 amide bonds. The largest absolute Gasteiger partial charge is 0.488 e. The van der Waals surface area contributed by atoms with Crippen LogP contribution in [0.4, 0.5) is 5.69 Å². The van der Waals surface area contributed by atoms with E-state index in [9.17, 15) is 14.8 Å². The highest BCUT2D eigenvalue weighted by molar-refractivity contribution is 6.59. The number of hydrogen-bond acceptors (Lipinski definition) is 4. The Balaban J connectivity index is 1.74. The van der Waals surface area contributed by atoms with Gasteiger partial charge < -0.3 is 15.4 Å². The fourth-order valence-corrected chi connectivity index (χ4v) is 2.63. The lowest BCUT2D eigenvalue weighted by atomic mass is 9.76. The predicted molar refractivity (Wildman–Crippen MR) is 95.1 cm³/mol. The summed E-state index contributed by atoms with van der Waals surface area (Å²) in [6.07, 6.45) is 3.64. The van der Waals surface area contributed by atoms with E-state index in [1.807, 2.05) is 30.3 Å². The standard InChI is InChI=1S/C18H17BN2O3/c1-12-2-3-13(8-17(12)19(23)24)9-18(22)21-16-5-4-15-11-20-7-6-14(15)10-16/h2-8,10-11,23-24H,9H2,1H3,(H,21,22). The van der Waals surface area contributed by atoms with Gasteiger partial charge in [-0.1, -0.05) is 29.8 Å². The summed E-state index contributed by atoms with van der Waals surface area (Å²) in [6.45, 7) is 1.79. The van der Waals surface area contributed by atoms with Gasteiger partial charge in [-0.2, -0.15) is 0 Å². The van der Waals surface area contributed by atoms with Crippen LogP contribution < -0.4 is 10.8 Å². The minimum Gasteiger partial charge on any atom is -0.423 e. The summed E-state index contributed by atoms with van der Waals surface area (Å²) >= 11 is 0. The Morgan fingerprint density at radius 3 is 2.75 bits per heavy atom. The molecule has 0 aliphatic heterocycles. The minimum absolute atomic E-state index is 0.161. The first kappa shape index (κ1) is 16.2. The number of carbonyl (C=O) groups is 1. The number of aryl methyl sites for hydroxylation is 1. The van der Waals surface area contributed by atoms with Crippen molar-refractivity contribution in [3.05, 3.63) is 66.0 Å². The molecule has 24 heavy (non-hydrogen) atoms. The number of nitrogens with one attached hydrogen (secondary N) is 1. The Kier molecular flexibility index (Phi) is 4.60. The number of carbonyl (C=O) groups excluding carboxylic acids is 1. The molecule has 0 bridgehead atoms. The second-order valence-electron chi connectivity index (χ2n) is 5.73. The van der Waals surface area contributed by atoms with E-state index in [1.165, 1.54) is 0 Å². The van der Waals surface area contributed by atoms with E-state index < -0.39 is 7.12 Å². The maximum absolute atomic E-state index is 12.2. The number of amides is 1. The number of fused-ring (bicyclic) bond motifs is 1. The summed E-state index contributed by atoms with van der Waals surface area (Å²) in [5, 5.41) is 23.6. The van der Waals surface area contributed by atoms with Gasteiger partial charge in [-0.3, -0.25) is 9.78 Å². The van der Waals surface area contributed by atoms with E-state index in [0.717, 1.165) is 21.9 Å². The Morgan fingerprint density at radius 2 is 1.96 bits per heavy atom. The second-order valence-corrected chi connectivity index (χ2v) is 5.73. The van der Waals surface area contributed by atoms with Crippen LogP contribution in [0.1, 0.15) is 11.1 Å². The molecule has 5 nitrogen and oxygen atoms in total. The lowest BCUT2D eigenvalue weighted by molar-refractivity contribution is -0.115. The van der Waals surface area contributed by atoms with Gasteiger partial charge in [-0.05, 0) is 41.5 Å². The maximum atomic E-state index is 12.2. The third-order valence-corrected chi connectivity index (χ3v) is 3.91. The highest BCUT2D eigenvalue weighted by Crippen LogP contribution is 2.18. The van der Waals surface area contributed by atoms with Crippen LogP contribution in [0.3, 0.4) is 0 Å². The third kappa shape index (κ3) is 3.61. The zero-order chi connectivity index (χ0) is 17.1. The first-order valence-corrected chi connectivity index (χ1v) is 7.62. The number of anilines is 1. The number of hydrogen-bond donors (Lipinski definition) is 3. The van der Waals surface area contributed by atoms with Crippen molar-refractivity contribution in [3.63, 3.8) is 0 Å². The van der Waals surface area contributed by atoms with Crippen LogP contribution in [-0.2, 0) is 11.2 Å². The van der Waals surface area contributed by atoms with Crippen LogP contribution >= 0.6 is 0 Å². The topological polar surface area (TPSA) is 82.5 Å². The van der Waals surface area contributed by atoms with Gasteiger partial charge in [0.15, 0.2) is 0 Å². The normalized spacial score (nSPS) is 10.6. The Bertz CT molecular complexity index is 896. The van der Waals surface area contributed by atoms with E-state index >= 15 is 0 Å². The molecular weight excluding hydrogens is 303 g/mol. The predicted octanol–water partition coefficient (Wildman–Crippen LogP) is 1.40. The smallest absolute Gasteiger partial charge is 0.423 e. The highest BCUT2D eigenvalue weighted by Gasteiger charge is 2.15. The monoisotopic (exact) mass is 320 g/mol. The van der Waals surface area contributed by atoms with Crippen molar-refractivity contribution in [2.75, 3.05) is 5.32 Å². The number of nitrogens with zero attached hydrogens (tertiary/aromatic N) is 1. The minimum atomic E-state index is -1.54. The van der Waals surface area contributed by atoms with Crippen molar-refractivity contribution in [1.29, 1.82) is 0 Å². The molecule has 0 saturated heterocycles. The number of benzene rings is 2. The highest BCUT2D eigenvalue weighted by atomic mass is 16.4. The third-order valence-electron chi connectivity index (χ3n) is 3.91. The van der Waals surface area contributed by atoms with Crippen LogP contribution in [0.5, 0.6) is 0 Å². The van der Waals surface area contributed by atoms with E-state index in [4.69, 9.17) is 0 Å². The van der Waals surface area contributed by atoms with Gasteiger partial charge in [0.2, 0.25) is 5.91 Å². The lowest BCUT2D eigenvalue weighted by Gasteiger charge is -2.09. The number of aromatic nitrogens is 1. The molecule has 3 rings (SSSR count). The molecule has 0 spiro atoms. The van der Waals surface area contributed by atoms with Crippen molar-refractivity contribution in [2.45, 2.75) is 13.3 Å². The van der Waals surface area contributed by atoms with Crippen LogP contribution in [0, 0.1) is 6.92 Å². The molecular formula is C18H17BN2O3. The Morgan fingerprint density at radius 1 is 1.12 bits per heavy atom. The summed E-state index contributed by atoms with van der Waals surface area (Å²) in [5.74, 6) is -0.161. The van der Waals surface area contributed by atoms with Crippen molar-refractivity contribution in [1.82, 2.24) is 4.98 Å². The molecule has 3 N–H and O–H groups in total. The lowest BCUT2D eigenvalue weighted by Crippen LogP contribution is -2.32. The average Bonchev–Trinajstić information content (AvgIpc) is 2.56. The van der Waals surface area contributed by atoms with Gasteiger partial charge in [0.25, 0.3) is 0 Å². The number of pyridine rings is 1. The molecule has 3 aromatic rings.